The van der Waals surface area contributed by atoms with E-state index in [0.29, 0.717) is 16.8 Å². The molecule has 0 radical (unpaired) electrons. The molecule has 10 heteroatoms. The molecule has 0 fully saturated rings. The van der Waals surface area contributed by atoms with E-state index in [4.69, 9.17) is 4.74 Å². The van der Waals surface area contributed by atoms with E-state index in [1.807, 2.05) is 0 Å². The van der Waals surface area contributed by atoms with Crippen molar-refractivity contribution in [2.45, 2.75) is 13.1 Å². The molecule has 0 spiro atoms. The molecule has 2 aromatic carbocycles. The van der Waals surface area contributed by atoms with Gasteiger partial charge in [-0.2, -0.15) is 13.2 Å². The molecule has 0 bridgehead atoms. The van der Waals surface area contributed by atoms with Crippen LogP contribution in [0.2, 0.25) is 0 Å². The lowest BCUT2D eigenvalue weighted by Gasteiger charge is -2.10. The summed E-state index contributed by atoms with van der Waals surface area (Å²) in [7, 11) is 0. The maximum Gasteiger partial charge on any atom is 0.416 e. The number of alkyl halides is 3. The van der Waals surface area contributed by atoms with Gasteiger partial charge in [-0.1, -0.05) is 0 Å². The molecule has 28 heavy (non-hydrogen) atoms. The summed E-state index contributed by atoms with van der Waals surface area (Å²) < 4.78 is 42.9. The fourth-order valence-electron chi connectivity index (χ4n) is 2.68. The third-order valence-corrected chi connectivity index (χ3v) is 3.96. The highest BCUT2D eigenvalue weighted by Gasteiger charge is 2.30. The van der Waals surface area contributed by atoms with Gasteiger partial charge in [-0.05, 0) is 43.3 Å². The predicted octanol–water partition coefficient (Wildman–Crippen LogP) is 5.02. The Kier molecular flexibility index (Phi) is 4.95. The zero-order chi connectivity index (χ0) is 20.5. The lowest BCUT2D eigenvalue weighted by Crippen LogP contribution is -2.04. The topological polar surface area (TPSA) is 97.3 Å². The predicted molar refractivity (Wildman–Crippen MR) is 95.6 cm³/mol. The van der Waals surface area contributed by atoms with Crippen molar-refractivity contribution in [1.29, 1.82) is 0 Å². The minimum absolute atomic E-state index is 0.0293. The largest absolute Gasteiger partial charge is 0.461 e. The lowest BCUT2D eigenvalue weighted by atomic mass is 10.1. The molecule has 3 aromatic rings. The number of nitro benzene ring substituents is 1. The molecule has 0 atom stereocenters. The number of hydrogen-bond donors (Lipinski definition) is 2. The van der Waals surface area contributed by atoms with Crippen LogP contribution in [-0.4, -0.2) is 22.5 Å². The number of fused-ring (bicyclic) bond motifs is 1. The van der Waals surface area contributed by atoms with Crippen molar-refractivity contribution in [3.8, 4) is 0 Å². The number of H-pyrrole nitrogens is 1. The van der Waals surface area contributed by atoms with Gasteiger partial charge in [0.25, 0.3) is 5.69 Å². The monoisotopic (exact) mass is 393 g/mol. The smallest absolute Gasteiger partial charge is 0.416 e. The summed E-state index contributed by atoms with van der Waals surface area (Å²) in [4.78, 5) is 25.3. The first kappa shape index (κ1) is 19.2. The van der Waals surface area contributed by atoms with Gasteiger partial charge in [-0.3, -0.25) is 10.1 Å². The number of non-ortho nitro benzene ring substituents is 1. The summed E-state index contributed by atoms with van der Waals surface area (Å²) in [5.41, 5.74) is -0.178. The first-order valence-corrected chi connectivity index (χ1v) is 8.12. The highest BCUT2D eigenvalue weighted by Crippen LogP contribution is 2.35. The molecular weight excluding hydrogens is 379 g/mol. The molecule has 0 saturated heterocycles. The van der Waals surface area contributed by atoms with Crippen molar-refractivity contribution in [1.82, 2.24) is 4.98 Å². The first-order chi connectivity index (χ1) is 13.2. The van der Waals surface area contributed by atoms with Crippen LogP contribution in [0.25, 0.3) is 10.9 Å². The molecule has 3 rings (SSSR count). The Balaban J connectivity index is 2.02. The average Bonchev–Trinajstić information content (AvgIpc) is 3.07. The number of nitrogens with zero attached hydrogens (tertiary/aromatic N) is 1. The van der Waals surface area contributed by atoms with Crippen molar-refractivity contribution in [3.63, 3.8) is 0 Å². The molecule has 0 aliphatic rings. The zero-order valence-corrected chi connectivity index (χ0v) is 14.5. The summed E-state index contributed by atoms with van der Waals surface area (Å²) >= 11 is 0. The third kappa shape index (κ3) is 3.75. The third-order valence-electron chi connectivity index (χ3n) is 3.96. The van der Waals surface area contributed by atoms with Crippen molar-refractivity contribution >= 4 is 33.9 Å². The number of carbonyl (C=O) groups excluding carboxylic acids is 1. The van der Waals surface area contributed by atoms with Crippen LogP contribution in [0.15, 0.2) is 42.5 Å². The van der Waals surface area contributed by atoms with Crippen molar-refractivity contribution < 1.29 is 27.6 Å². The molecule has 0 amide bonds. The Labute approximate surface area is 156 Å². The first-order valence-electron chi connectivity index (χ1n) is 8.12. The van der Waals surface area contributed by atoms with Gasteiger partial charge in [0, 0.05) is 22.8 Å². The summed E-state index contributed by atoms with van der Waals surface area (Å²) in [6, 6.07) is 8.38. The van der Waals surface area contributed by atoms with E-state index >= 15 is 0 Å². The zero-order valence-electron chi connectivity index (χ0n) is 14.5. The summed E-state index contributed by atoms with van der Waals surface area (Å²) in [5.74, 6) is -0.673. The summed E-state index contributed by atoms with van der Waals surface area (Å²) in [6.07, 6.45) is -4.45. The summed E-state index contributed by atoms with van der Waals surface area (Å²) in [6.45, 7) is 1.76. The highest BCUT2D eigenvalue weighted by atomic mass is 19.4. The number of anilines is 2. The number of esters is 1. The van der Waals surface area contributed by atoms with E-state index in [1.165, 1.54) is 30.3 Å². The molecule has 0 saturated carbocycles. The second kappa shape index (κ2) is 7.22. The highest BCUT2D eigenvalue weighted by molar-refractivity contribution is 6.04. The number of benzene rings is 2. The van der Waals surface area contributed by atoms with Gasteiger partial charge in [0.15, 0.2) is 0 Å². The fraction of sp³-hybridized carbons (Fsp3) is 0.167. The Bertz CT molecular complexity index is 1040. The minimum Gasteiger partial charge on any atom is -0.461 e. The van der Waals surface area contributed by atoms with Gasteiger partial charge in [-0.25, -0.2) is 4.79 Å². The van der Waals surface area contributed by atoms with Crippen LogP contribution in [0.4, 0.5) is 30.2 Å². The average molecular weight is 393 g/mol. The molecule has 2 N–H and O–H groups in total. The van der Waals surface area contributed by atoms with E-state index in [2.05, 4.69) is 10.3 Å². The SMILES string of the molecule is CCOC(=O)c1cc2c(Nc3ccc(C(F)(F)F)cc3)ccc([N+](=O)[O-])c2[nH]1. The number of halogens is 3. The molecule has 0 aliphatic heterocycles. The van der Waals surface area contributed by atoms with Crippen molar-refractivity contribution in [2.24, 2.45) is 0 Å². The van der Waals surface area contributed by atoms with Crippen LogP contribution >= 0.6 is 0 Å². The molecule has 0 unspecified atom stereocenters. The molecule has 1 aromatic heterocycles. The Morgan fingerprint density at radius 3 is 2.46 bits per heavy atom. The maximum absolute atomic E-state index is 12.7. The molecular formula is C18H14F3N3O4. The Morgan fingerprint density at radius 2 is 1.89 bits per heavy atom. The van der Waals surface area contributed by atoms with Crippen molar-refractivity contribution in [3.05, 3.63) is 63.8 Å². The molecule has 0 aliphatic carbocycles. The van der Waals surface area contributed by atoms with Gasteiger partial charge in [0.2, 0.25) is 0 Å². The normalized spacial score (nSPS) is 11.4. The fourth-order valence-corrected chi connectivity index (χ4v) is 2.68. The number of hydrogen-bond acceptors (Lipinski definition) is 5. The van der Waals surface area contributed by atoms with Crippen LogP contribution in [0.5, 0.6) is 0 Å². The number of aromatic amines is 1. The van der Waals surface area contributed by atoms with Gasteiger partial charge in [0.1, 0.15) is 11.2 Å². The Hall–Kier alpha value is -3.56. The van der Waals surface area contributed by atoms with Gasteiger partial charge in [-0.15, -0.1) is 0 Å². The number of aromatic nitrogens is 1. The van der Waals surface area contributed by atoms with E-state index in [9.17, 15) is 28.1 Å². The number of carbonyl (C=O) groups is 1. The van der Waals surface area contributed by atoms with Gasteiger partial charge in [0.05, 0.1) is 17.1 Å². The minimum atomic E-state index is -4.45. The molecule has 146 valence electrons. The number of nitrogens with one attached hydrogen (secondary N) is 2. The van der Waals surface area contributed by atoms with E-state index in [-0.39, 0.29) is 23.5 Å². The van der Waals surface area contributed by atoms with Gasteiger partial charge < -0.3 is 15.0 Å². The van der Waals surface area contributed by atoms with Gasteiger partial charge >= 0.3 is 12.1 Å². The van der Waals surface area contributed by atoms with E-state index in [0.717, 1.165) is 12.1 Å². The number of ether oxygens (including phenoxy) is 1. The van der Waals surface area contributed by atoms with Crippen LogP contribution < -0.4 is 5.32 Å². The second-order valence-electron chi connectivity index (χ2n) is 5.78. The lowest BCUT2D eigenvalue weighted by molar-refractivity contribution is -0.383. The van der Waals surface area contributed by atoms with E-state index in [1.54, 1.807) is 6.92 Å². The Morgan fingerprint density at radius 1 is 1.21 bits per heavy atom. The van der Waals surface area contributed by atoms with Crippen molar-refractivity contribution in [2.75, 3.05) is 11.9 Å². The van der Waals surface area contributed by atoms with Crippen LogP contribution in [-0.2, 0) is 10.9 Å². The second-order valence-corrected chi connectivity index (χ2v) is 5.78. The standard InChI is InChI=1S/C18H14F3N3O4/c1-2-28-17(25)14-9-12-13(7-8-15(24(26)27)16(12)23-14)22-11-5-3-10(4-6-11)18(19,20)21/h3-9,22-23H,2H2,1H3. The quantitative estimate of drug-likeness (QED) is 0.361. The summed E-state index contributed by atoms with van der Waals surface area (Å²) in [5, 5.41) is 14.5. The van der Waals surface area contributed by atoms with Crippen LogP contribution in [0, 0.1) is 10.1 Å². The maximum atomic E-state index is 12.7. The number of rotatable bonds is 5. The molecule has 1 heterocycles. The van der Waals surface area contributed by atoms with Crippen LogP contribution in [0.1, 0.15) is 23.0 Å². The van der Waals surface area contributed by atoms with E-state index < -0.39 is 22.6 Å². The number of nitro groups is 1. The molecule has 7 nitrogen and oxygen atoms in total. The van der Waals surface area contributed by atoms with Crippen LogP contribution in [0.3, 0.4) is 0 Å².